The van der Waals surface area contributed by atoms with E-state index in [1.165, 1.54) is 0 Å². The highest BCUT2D eigenvalue weighted by Crippen LogP contribution is 2.55. The van der Waals surface area contributed by atoms with Crippen LogP contribution in [-0.2, 0) is 40.8 Å². The van der Waals surface area contributed by atoms with Crippen LogP contribution in [0.4, 0.5) is 34.1 Å². The van der Waals surface area contributed by atoms with Crippen molar-refractivity contribution >= 4 is 101 Å². The molecule has 0 radical (unpaired) electrons. The fraction of sp³-hybridized carbons (Fsp3) is 0.233. The number of rotatable bonds is 15. The molecule has 0 unspecified atom stereocenters. The van der Waals surface area contributed by atoms with Gasteiger partial charge >= 0.3 is 0 Å². The molecule has 0 aliphatic carbocycles. The molecule has 21 rings (SSSR count). The second-order valence-corrected chi connectivity index (χ2v) is 46.3. The van der Waals surface area contributed by atoms with Crippen molar-refractivity contribution in [3.8, 4) is 100 Å². The van der Waals surface area contributed by atoms with E-state index in [2.05, 4.69) is 528 Å². The van der Waals surface area contributed by atoms with Crippen LogP contribution in [0.2, 0.25) is 0 Å². The second-order valence-electron chi connectivity index (χ2n) is 46.3. The lowest BCUT2D eigenvalue weighted by atomic mass is 9.33. The van der Waals surface area contributed by atoms with E-state index in [0.29, 0.717) is 17.5 Å². The molecule has 17 aromatic carbocycles. The van der Waals surface area contributed by atoms with Gasteiger partial charge in [-0.25, -0.2) is 0 Å². The molecule has 4 heterocycles. The van der Waals surface area contributed by atoms with Gasteiger partial charge in [-0.1, -0.05) is 400 Å². The summed E-state index contributed by atoms with van der Waals surface area (Å²) in [5, 5.41) is 4.57. The molecule has 0 saturated carbocycles. The van der Waals surface area contributed by atoms with Gasteiger partial charge in [0, 0.05) is 72.3 Å². The van der Waals surface area contributed by atoms with Crippen molar-refractivity contribution < 1.29 is 5.48 Å². The van der Waals surface area contributed by atoms with E-state index in [0.717, 1.165) is 222 Å². The van der Waals surface area contributed by atoms with E-state index in [-0.39, 0.29) is 27.1 Å². The van der Waals surface area contributed by atoms with E-state index in [1.54, 1.807) is 0 Å². The van der Waals surface area contributed by atoms with Crippen LogP contribution in [0.1, 0.15) is 190 Å². The number of anilines is 6. The van der Waals surface area contributed by atoms with E-state index in [9.17, 15) is 5.48 Å². The molecule has 0 atom stereocenters. The lowest BCUT2D eigenvalue weighted by Crippen LogP contribution is -2.61. The Morgan fingerprint density at radius 2 is 0.507 bits per heavy atom. The number of hydrogen-bond donors (Lipinski definition) is 0. The Kier molecular flexibility index (Phi) is 21.1. The summed E-state index contributed by atoms with van der Waals surface area (Å²) in [6.07, 6.45) is -3.11. The average Bonchev–Trinajstić information content (AvgIpc) is 0.733. The van der Waals surface area contributed by atoms with Crippen LogP contribution in [0.3, 0.4) is 0 Å². The highest BCUT2D eigenvalue weighted by molar-refractivity contribution is 7.00. The first-order valence-electron chi connectivity index (χ1n) is 51.6. The molecule has 0 saturated heterocycles. The number of aromatic nitrogens is 2. The molecule has 2 aliphatic heterocycles. The monoisotopic (exact) mass is 1800 g/mol. The van der Waals surface area contributed by atoms with Gasteiger partial charge in [0.2, 0.25) is 0 Å². The maximum Gasteiger partial charge on any atom is 0.252 e. The molecular formula is C133H129BN4. The van der Waals surface area contributed by atoms with Gasteiger partial charge in [-0.2, -0.15) is 0 Å². The van der Waals surface area contributed by atoms with Crippen LogP contribution >= 0.6 is 0 Å². The number of hydrogen-bond acceptors (Lipinski definition) is 2. The summed E-state index contributed by atoms with van der Waals surface area (Å²) < 4.78 is 48.7. The van der Waals surface area contributed by atoms with Gasteiger partial charge < -0.3 is 18.9 Å². The minimum Gasteiger partial charge on any atom is -0.311 e. The molecule has 19 aromatic rings. The van der Waals surface area contributed by atoms with Gasteiger partial charge in [-0.3, -0.25) is 0 Å². The number of nitrogens with zero attached hydrogens (tertiary/aromatic N) is 4. The Bertz CT molecular complexity index is 7550. The zero-order chi connectivity index (χ0) is 99.8. The van der Waals surface area contributed by atoms with Crippen molar-refractivity contribution in [2.45, 2.75) is 186 Å². The van der Waals surface area contributed by atoms with Gasteiger partial charge in [0.1, 0.15) is 0 Å². The summed E-state index contributed by atoms with van der Waals surface area (Å²) >= 11 is 0. The largest absolute Gasteiger partial charge is 0.311 e. The third-order valence-corrected chi connectivity index (χ3v) is 28.2. The van der Waals surface area contributed by atoms with Crippen molar-refractivity contribution in [1.29, 1.82) is 0 Å². The third kappa shape index (κ3) is 17.1. The lowest BCUT2D eigenvalue weighted by molar-refractivity contribution is 0.411. The zero-order valence-corrected chi connectivity index (χ0v) is 84.2. The fourth-order valence-corrected chi connectivity index (χ4v) is 21.5. The minimum absolute atomic E-state index is 0.255. The van der Waals surface area contributed by atoms with Crippen LogP contribution in [0.25, 0.3) is 144 Å². The van der Waals surface area contributed by atoms with Crippen molar-refractivity contribution in [3.05, 3.63) is 403 Å². The summed E-state index contributed by atoms with van der Waals surface area (Å²) in [5.41, 5.74) is 35.7. The number of benzene rings is 17. The molecule has 684 valence electrons. The van der Waals surface area contributed by atoms with Gasteiger partial charge in [-0.05, 0) is 299 Å². The normalized spacial score (nSPS) is 13.8. The smallest absolute Gasteiger partial charge is 0.252 e. The van der Waals surface area contributed by atoms with Gasteiger partial charge in [0.15, 0.2) is 0 Å². The summed E-state index contributed by atoms with van der Waals surface area (Å²) in [6, 6.07) is 137. The van der Waals surface area contributed by atoms with Crippen molar-refractivity contribution in [2.75, 3.05) is 9.80 Å². The maximum atomic E-state index is 10.9. The van der Waals surface area contributed by atoms with Crippen LogP contribution in [-0.4, -0.2) is 15.8 Å². The summed E-state index contributed by atoms with van der Waals surface area (Å²) in [7, 11) is 0. The molecule has 4 nitrogen and oxygen atoms in total. The molecule has 0 fully saturated rings. The molecule has 2 aromatic heterocycles. The quantitative estimate of drug-likeness (QED) is 0.0951. The number of fused-ring (bicyclic) bond motifs is 10. The van der Waals surface area contributed by atoms with E-state index < -0.39 is 30.3 Å². The molecular weight excluding hydrogens is 1660 g/mol. The minimum atomic E-state index is -1.90. The Morgan fingerprint density at radius 1 is 0.225 bits per heavy atom. The van der Waals surface area contributed by atoms with E-state index >= 15 is 0 Å². The predicted molar refractivity (Wildman–Crippen MR) is 597 cm³/mol. The molecule has 5 heteroatoms. The first-order valence-corrected chi connectivity index (χ1v) is 49.6. The summed E-state index contributed by atoms with van der Waals surface area (Å²) in [5.74, 6) is 0. The van der Waals surface area contributed by atoms with Crippen LogP contribution in [0, 0.1) is 16.2 Å². The van der Waals surface area contributed by atoms with Crippen LogP contribution < -0.4 is 26.2 Å². The average molecular weight is 1800 g/mol. The van der Waals surface area contributed by atoms with E-state index in [1.807, 2.05) is 0 Å². The van der Waals surface area contributed by atoms with Crippen molar-refractivity contribution in [3.63, 3.8) is 0 Å². The summed E-state index contributed by atoms with van der Waals surface area (Å²) in [6.45, 7) is 46.4. The predicted octanol–water partition coefficient (Wildman–Crippen LogP) is 35.3. The van der Waals surface area contributed by atoms with Gasteiger partial charge in [0.25, 0.3) is 6.71 Å². The molecule has 0 spiro atoms. The van der Waals surface area contributed by atoms with Crippen molar-refractivity contribution in [2.24, 2.45) is 16.2 Å². The third-order valence-electron chi connectivity index (χ3n) is 28.2. The lowest BCUT2D eigenvalue weighted by Gasteiger charge is -2.46. The Labute approximate surface area is 825 Å². The van der Waals surface area contributed by atoms with Gasteiger partial charge in [-0.15, -0.1) is 0 Å². The highest BCUT2D eigenvalue weighted by atomic mass is 15.2. The first kappa shape index (κ1) is 85.7. The SMILES string of the molecule is [2H]C([2H])(c1cc(-c2cccc(C(C)(C)C)c2)c(N2c3cc(-n4c5ccc(-c6ccccc6)cc5c5cc(-c6ccccc6)ccc54)ccc3B3c4ccc(-n5c6ccc(-c7ccccc7)cc6c6cc(-c7ccccc7)ccc65)cc4N(c4cc(-c5cccc(C(C)(C)C)c5)c(C([2H])([2H])C(C)(C)C)cc4-c4cccc(C(C)(C)C)c4)c4cc(CC(C)(C)C)cc2c43)cc1-c1cccc(C(C)(C)C)c1)C(C)(C)C. The Morgan fingerprint density at radius 3 is 0.783 bits per heavy atom. The highest BCUT2D eigenvalue weighted by Gasteiger charge is 2.46. The molecule has 0 amide bonds. The maximum absolute atomic E-state index is 10.9. The Balaban J connectivity index is 0.955. The second kappa shape index (κ2) is 34.0. The van der Waals surface area contributed by atoms with E-state index in [4.69, 9.17) is 0 Å². The van der Waals surface area contributed by atoms with Gasteiger partial charge in [0.05, 0.1) is 33.4 Å². The molecule has 138 heavy (non-hydrogen) atoms. The van der Waals surface area contributed by atoms with Crippen molar-refractivity contribution in [1.82, 2.24) is 9.13 Å². The fourth-order valence-electron chi connectivity index (χ4n) is 21.5. The topological polar surface area (TPSA) is 16.3 Å². The molecule has 0 N–H and O–H groups in total. The summed E-state index contributed by atoms with van der Waals surface area (Å²) in [4.78, 5) is 5.28. The first-order chi connectivity index (χ1) is 67.3. The zero-order valence-electron chi connectivity index (χ0n) is 88.2. The Hall–Kier alpha value is -14.0. The van der Waals surface area contributed by atoms with Crippen LogP contribution in [0.15, 0.2) is 364 Å². The standard InChI is InChI=1S/C133H129BN4/c1-127(2,3)82-85-66-124-126-125(67-85)138(121-81-107(95-47-35-51-101(69-95)131(13,14)15)99(84-129(7,8)9)77-109(121)97-49-37-53-103(71-97)133(19,20)21)123-79-105(136-118-64-56-92(88-42-30-24-31-43-88)74-112(118)113-75-93(57-65-119(113)136)89-44-32-25-33-45-89)59-61-115(123)134(126)114-60-58-104(135-116-62-54-90(86-38-26-22-27-39-86)72-110(116)111-73-91(55-63-117(111)135)87-40-28-23-29-41-87)78-122(114)137(124)120-80-106(94-46-34-50-100(68-94)130(10,11)12)98(83-128(4,5)6)76-108(120)96-48-36-52-102(70-96)132(16,17)18/h22-81H,82-84H2,1-21H3/i83D2,84D2. The van der Waals surface area contributed by atoms with Crippen LogP contribution in [0.5, 0.6) is 0 Å². The molecule has 0 bridgehead atoms. The molecule has 2 aliphatic rings.